The minimum Gasteiger partial charge on any atom is -0.330 e. The van der Waals surface area contributed by atoms with Crippen molar-refractivity contribution in [3.05, 3.63) is 16.4 Å². The van der Waals surface area contributed by atoms with Crippen molar-refractivity contribution in [3.8, 4) is 0 Å². The highest BCUT2D eigenvalue weighted by atomic mass is 79.9. The number of nitrogens with two attached hydrogens (primary N) is 1. The Labute approximate surface area is 99.2 Å². The second-order valence-electron chi connectivity index (χ2n) is 4.36. The van der Waals surface area contributed by atoms with E-state index in [0.717, 1.165) is 17.7 Å². The van der Waals surface area contributed by atoms with E-state index < -0.39 is 0 Å². The third kappa shape index (κ3) is 1.74. The Bertz CT molecular complexity index is 340. The number of rotatable bonds is 3. The van der Waals surface area contributed by atoms with E-state index in [1.807, 2.05) is 10.9 Å². The number of aromatic nitrogens is 2. The van der Waals surface area contributed by atoms with Crippen molar-refractivity contribution in [1.82, 2.24) is 9.78 Å². The number of hydrogen-bond acceptors (Lipinski definition) is 2. The molecule has 0 amide bonds. The van der Waals surface area contributed by atoms with Crippen molar-refractivity contribution in [2.75, 3.05) is 6.54 Å². The van der Waals surface area contributed by atoms with Crippen LogP contribution in [0.2, 0.25) is 0 Å². The fraction of sp³-hybridized carbons (Fsp3) is 0.727. The quantitative estimate of drug-likeness (QED) is 0.918. The van der Waals surface area contributed by atoms with Gasteiger partial charge in [0, 0.05) is 24.1 Å². The molecule has 1 aliphatic carbocycles. The van der Waals surface area contributed by atoms with Crippen molar-refractivity contribution in [3.63, 3.8) is 0 Å². The lowest BCUT2D eigenvalue weighted by atomic mass is 9.81. The van der Waals surface area contributed by atoms with E-state index in [1.165, 1.54) is 31.2 Å². The molecule has 0 spiro atoms. The van der Waals surface area contributed by atoms with E-state index in [-0.39, 0.29) is 5.41 Å². The summed E-state index contributed by atoms with van der Waals surface area (Å²) in [5.74, 6) is 0. The van der Waals surface area contributed by atoms with Crippen LogP contribution in [0.15, 0.2) is 10.8 Å². The smallest absolute Gasteiger partial charge is 0.107 e. The summed E-state index contributed by atoms with van der Waals surface area (Å²) in [7, 11) is 0. The van der Waals surface area contributed by atoms with Crippen LogP contribution >= 0.6 is 15.9 Å². The van der Waals surface area contributed by atoms with Gasteiger partial charge in [0.15, 0.2) is 0 Å². The van der Waals surface area contributed by atoms with Crippen molar-refractivity contribution in [2.45, 2.75) is 44.6 Å². The van der Waals surface area contributed by atoms with Gasteiger partial charge in [-0.25, -0.2) is 0 Å². The Balaban J connectivity index is 2.38. The molecule has 0 saturated heterocycles. The Morgan fingerprint density at radius 1 is 1.53 bits per heavy atom. The fourth-order valence-corrected chi connectivity index (χ4v) is 3.45. The second-order valence-corrected chi connectivity index (χ2v) is 5.11. The van der Waals surface area contributed by atoms with Crippen LogP contribution in [-0.4, -0.2) is 16.3 Å². The molecule has 1 heterocycles. The maximum absolute atomic E-state index is 5.96. The summed E-state index contributed by atoms with van der Waals surface area (Å²) in [6, 6.07) is 0. The molecule has 2 rings (SSSR count). The fourth-order valence-electron chi connectivity index (χ4n) is 2.58. The Morgan fingerprint density at radius 3 is 2.67 bits per heavy atom. The van der Waals surface area contributed by atoms with Crippen molar-refractivity contribution in [2.24, 2.45) is 5.73 Å². The molecule has 15 heavy (non-hydrogen) atoms. The molecule has 1 aromatic heterocycles. The van der Waals surface area contributed by atoms with Gasteiger partial charge in [-0.05, 0) is 35.7 Å². The maximum Gasteiger partial charge on any atom is 0.107 e. The standard InChI is InChI=1S/C11H18BrN3/c1-2-15-10(12)9(7-14-15)11(8-13)5-3-4-6-11/h7H,2-6,8,13H2,1H3. The molecular formula is C11H18BrN3. The van der Waals surface area contributed by atoms with Crippen LogP contribution in [-0.2, 0) is 12.0 Å². The molecule has 84 valence electrons. The van der Waals surface area contributed by atoms with Gasteiger partial charge in [0.25, 0.3) is 0 Å². The second kappa shape index (κ2) is 4.26. The summed E-state index contributed by atoms with van der Waals surface area (Å²) < 4.78 is 3.11. The Kier molecular flexibility index (Phi) is 3.16. The summed E-state index contributed by atoms with van der Waals surface area (Å²) in [4.78, 5) is 0. The van der Waals surface area contributed by atoms with E-state index in [1.54, 1.807) is 0 Å². The van der Waals surface area contributed by atoms with Crippen LogP contribution in [0.3, 0.4) is 0 Å². The molecule has 1 aromatic rings. The van der Waals surface area contributed by atoms with Crippen LogP contribution in [0.1, 0.15) is 38.2 Å². The van der Waals surface area contributed by atoms with Crippen molar-refractivity contribution >= 4 is 15.9 Å². The molecule has 0 atom stereocenters. The molecule has 0 aromatic carbocycles. The molecule has 4 heteroatoms. The molecule has 1 saturated carbocycles. The SMILES string of the molecule is CCn1ncc(C2(CN)CCCC2)c1Br. The van der Waals surface area contributed by atoms with E-state index >= 15 is 0 Å². The molecule has 3 nitrogen and oxygen atoms in total. The Hall–Kier alpha value is -0.350. The predicted molar refractivity (Wildman–Crippen MR) is 64.8 cm³/mol. The first-order valence-corrected chi connectivity index (χ1v) is 6.44. The van der Waals surface area contributed by atoms with Gasteiger partial charge in [-0.15, -0.1) is 0 Å². The molecule has 0 aliphatic heterocycles. The van der Waals surface area contributed by atoms with Crippen molar-refractivity contribution in [1.29, 1.82) is 0 Å². The number of aryl methyl sites for hydroxylation is 1. The number of halogens is 1. The normalized spacial score (nSPS) is 19.7. The first kappa shape index (κ1) is 11.1. The molecule has 1 aliphatic rings. The molecule has 2 N–H and O–H groups in total. The first-order valence-electron chi connectivity index (χ1n) is 5.65. The summed E-state index contributed by atoms with van der Waals surface area (Å²) in [6.07, 6.45) is 6.99. The summed E-state index contributed by atoms with van der Waals surface area (Å²) in [6.45, 7) is 3.74. The molecule has 1 fully saturated rings. The van der Waals surface area contributed by atoms with Crippen LogP contribution < -0.4 is 5.73 Å². The minimum absolute atomic E-state index is 0.187. The highest BCUT2D eigenvalue weighted by molar-refractivity contribution is 9.10. The van der Waals surface area contributed by atoms with Crippen LogP contribution in [0, 0.1) is 0 Å². The number of hydrogen-bond donors (Lipinski definition) is 1. The molecular weight excluding hydrogens is 254 g/mol. The minimum atomic E-state index is 0.187. The van der Waals surface area contributed by atoms with Crippen LogP contribution in [0.25, 0.3) is 0 Å². The van der Waals surface area contributed by atoms with Crippen molar-refractivity contribution < 1.29 is 0 Å². The zero-order valence-electron chi connectivity index (χ0n) is 9.17. The summed E-state index contributed by atoms with van der Waals surface area (Å²) in [5.41, 5.74) is 7.46. The maximum atomic E-state index is 5.96. The van der Waals surface area contributed by atoms with E-state index in [0.29, 0.717) is 0 Å². The number of nitrogens with zero attached hydrogens (tertiary/aromatic N) is 2. The third-order valence-electron chi connectivity index (χ3n) is 3.60. The van der Waals surface area contributed by atoms with Gasteiger partial charge in [0.05, 0.1) is 6.20 Å². The predicted octanol–water partition coefficient (Wildman–Crippen LogP) is 2.44. The largest absolute Gasteiger partial charge is 0.330 e. The van der Waals surface area contributed by atoms with E-state index in [2.05, 4.69) is 28.0 Å². The third-order valence-corrected chi connectivity index (χ3v) is 4.43. The first-order chi connectivity index (χ1) is 7.23. The van der Waals surface area contributed by atoms with Gasteiger partial charge < -0.3 is 5.73 Å². The van der Waals surface area contributed by atoms with Gasteiger partial charge in [-0.3, -0.25) is 4.68 Å². The summed E-state index contributed by atoms with van der Waals surface area (Å²) in [5, 5.41) is 4.39. The average Bonchev–Trinajstić information content (AvgIpc) is 2.85. The lowest BCUT2D eigenvalue weighted by Crippen LogP contribution is -2.32. The summed E-state index contributed by atoms with van der Waals surface area (Å²) >= 11 is 3.64. The van der Waals surface area contributed by atoms with Gasteiger partial charge in [-0.1, -0.05) is 12.8 Å². The zero-order valence-corrected chi connectivity index (χ0v) is 10.8. The topological polar surface area (TPSA) is 43.8 Å². The lowest BCUT2D eigenvalue weighted by Gasteiger charge is -2.26. The highest BCUT2D eigenvalue weighted by Gasteiger charge is 2.37. The molecule has 0 bridgehead atoms. The highest BCUT2D eigenvalue weighted by Crippen LogP contribution is 2.42. The monoisotopic (exact) mass is 271 g/mol. The van der Waals surface area contributed by atoms with Gasteiger partial charge in [-0.2, -0.15) is 5.10 Å². The Morgan fingerprint density at radius 2 is 2.20 bits per heavy atom. The van der Waals surface area contributed by atoms with Gasteiger partial charge in [0.1, 0.15) is 4.60 Å². The molecule has 0 radical (unpaired) electrons. The zero-order chi connectivity index (χ0) is 10.9. The van der Waals surface area contributed by atoms with Gasteiger partial charge >= 0.3 is 0 Å². The molecule has 0 unspecified atom stereocenters. The lowest BCUT2D eigenvalue weighted by molar-refractivity contribution is 0.449. The average molecular weight is 272 g/mol. The van der Waals surface area contributed by atoms with E-state index in [9.17, 15) is 0 Å². The van der Waals surface area contributed by atoms with Crippen LogP contribution in [0.5, 0.6) is 0 Å². The van der Waals surface area contributed by atoms with Crippen LogP contribution in [0.4, 0.5) is 0 Å². The van der Waals surface area contributed by atoms with E-state index in [4.69, 9.17) is 5.73 Å². The van der Waals surface area contributed by atoms with Gasteiger partial charge in [0.2, 0.25) is 0 Å².